The standard InChI is InChI=1S/C19H25N3O4/c1-14-16(6-5-7-17(14)22(25)26)19(24)21-12-8-15(9-13-21)18(23)20-10-3-2-4-11-20/h5-7,15H,2-4,8-13H2,1H3. The largest absolute Gasteiger partial charge is 0.342 e. The van der Waals surface area contributed by atoms with Crippen LogP contribution >= 0.6 is 0 Å². The van der Waals surface area contributed by atoms with E-state index in [-0.39, 0.29) is 23.4 Å². The van der Waals surface area contributed by atoms with Gasteiger partial charge in [0.25, 0.3) is 11.6 Å². The molecule has 0 unspecified atom stereocenters. The first-order valence-corrected chi connectivity index (χ1v) is 9.31. The van der Waals surface area contributed by atoms with E-state index in [1.807, 2.05) is 4.90 Å². The van der Waals surface area contributed by atoms with Gasteiger partial charge in [-0.3, -0.25) is 19.7 Å². The molecule has 3 rings (SSSR count). The molecule has 0 spiro atoms. The number of piperidine rings is 2. The molecule has 1 aromatic carbocycles. The fourth-order valence-electron chi connectivity index (χ4n) is 3.93. The Kier molecular flexibility index (Phi) is 5.54. The topological polar surface area (TPSA) is 83.8 Å². The zero-order valence-electron chi connectivity index (χ0n) is 15.1. The first-order chi connectivity index (χ1) is 12.5. The van der Waals surface area contributed by atoms with Gasteiger partial charge in [0.1, 0.15) is 0 Å². The zero-order valence-corrected chi connectivity index (χ0v) is 15.1. The molecule has 0 atom stereocenters. The fourth-order valence-corrected chi connectivity index (χ4v) is 3.93. The van der Waals surface area contributed by atoms with Gasteiger partial charge in [0.05, 0.1) is 4.92 Å². The highest BCUT2D eigenvalue weighted by Gasteiger charge is 2.32. The van der Waals surface area contributed by atoms with E-state index in [9.17, 15) is 19.7 Å². The van der Waals surface area contributed by atoms with Crippen molar-refractivity contribution < 1.29 is 14.5 Å². The molecule has 0 aliphatic carbocycles. The molecule has 0 saturated carbocycles. The van der Waals surface area contributed by atoms with Gasteiger partial charge in [-0.2, -0.15) is 0 Å². The van der Waals surface area contributed by atoms with Crippen molar-refractivity contribution in [3.05, 3.63) is 39.4 Å². The molecule has 0 aromatic heterocycles. The third-order valence-electron chi connectivity index (χ3n) is 5.53. The number of hydrogen-bond donors (Lipinski definition) is 0. The molecule has 2 aliphatic rings. The molecule has 2 saturated heterocycles. The highest BCUT2D eigenvalue weighted by molar-refractivity contribution is 5.96. The van der Waals surface area contributed by atoms with Crippen LogP contribution in [-0.4, -0.2) is 52.7 Å². The Bertz CT molecular complexity index is 705. The van der Waals surface area contributed by atoms with Crippen LogP contribution in [0.25, 0.3) is 0 Å². The third-order valence-corrected chi connectivity index (χ3v) is 5.53. The molecule has 26 heavy (non-hydrogen) atoms. The van der Waals surface area contributed by atoms with Crippen molar-refractivity contribution in [3.63, 3.8) is 0 Å². The van der Waals surface area contributed by atoms with Crippen molar-refractivity contribution >= 4 is 17.5 Å². The molecule has 2 amide bonds. The molecule has 2 heterocycles. The average Bonchev–Trinajstić information content (AvgIpc) is 2.67. The SMILES string of the molecule is Cc1c(C(=O)N2CCC(C(=O)N3CCCCC3)CC2)cccc1[N+](=O)[O-]. The Labute approximate surface area is 153 Å². The van der Waals surface area contributed by atoms with Gasteiger partial charge in [0.2, 0.25) is 5.91 Å². The van der Waals surface area contributed by atoms with Gasteiger partial charge in [-0.05, 0) is 45.1 Å². The Morgan fingerprint density at radius 1 is 1.04 bits per heavy atom. The number of nitrogens with zero attached hydrogens (tertiary/aromatic N) is 3. The van der Waals surface area contributed by atoms with E-state index in [2.05, 4.69) is 0 Å². The molecule has 0 bridgehead atoms. The van der Waals surface area contributed by atoms with Crippen molar-refractivity contribution in [1.82, 2.24) is 9.80 Å². The molecule has 0 N–H and O–H groups in total. The van der Waals surface area contributed by atoms with E-state index in [0.717, 1.165) is 25.9 Å². The lowest BCUT2D eigenvalue weighted by molar-refractivity contribution is -0.385. The molecule has 1 aromatic rings. The van der Waals surface area contributed by atoms with Crippen LogP contribution < -0.4 is 0 Å². The van der Waals surface area contributed by atoms with Gasteiger partial charge < -0.3 is 9.80 Å². The van der Waals surface area contributed by atoms with Crippen LogP contribution in [0.5, 0.6) is 0 Å². The summed E-state index contributed by atoms with van der Waals surface area (Å²) in [6.45, 7) is 4.35. The highest BCUT2D eigenvalue weighted by atomic mass is 16.6. The van der Waals surface area contributed by atoms with Crippen LogP contribution in [0.1, 0.15) is 48.0 Å². The summed E-state index contributed by atoms with van der Waals surface area (Å²) < 4.78 is 0. The third kappa shape index (κ3) is 3.71. The zero-order chi connectivity index (χ0) is 18.7. The minimum Gasteiger partial charge on any atom is -0.342 e. The van der Waals surface area contributed by atoms with Gasteiger partial charge in [0, 0.05) is 49.3 Å². The maximum absolute atomic E-state index is 12.8. The van der Waals surface area contributed by atoms with Crippen LogP contribution in [0.15, 0.2) is 18.2 Å². The number of carbonyl (C=O) groups excluding carboxylic acids is 2. The summed E-state index contributed by atoms with van der Waals surface area (Å²) in [6.07, 6.45) is 4.67. The summed E-state index contributed by atoms with van der Waals surface area (Å²) in [7, 11) is 0. The maximum Gasteiger partial charge on any atom is 0.273 e. The van der Waals surface area contributed by atoms with Gasteiger partial charge in [-0.1, -0.05) is 6.07 Å². The molecule has 2 fully saturated rings. The summed E-state index contributed by atoms with van der Waals surface area (Å²) in [6, 6.07) is 4.59. The number of nitro groups is 1. The van der Waals surface area contributed by atoms with Gasteiger partial charge in [-0.25, -0.2) is 0 Å². The van der Waals surface area contributed by atoms with Crippen molar-refractivity contribution in [2.45, 2.75) is 39.0 Å². The van der Waals surface area contributed by atoms with E-state index < -0.39 is 4.92 Å². The van der Waals surface area contributed by atoms with E-state index in [1.165, 1.54) is 12.5 Å². The lowest BCUT2D eigenvalue weighted by Gasteiger charge is -2.35. The van der Waals surface area contributed by atoms with E-state index in [4.69, 9.17) is 0 Å². The predicted octanol–water partition coefficient (Wildman–Crippen LogP) is 2.77. The number of benzene rings is 1. The van der Waals surface area contributed by atoms with Gasteiger partial charge >= 0.3 is 0 Å². The minimum absolute atomic E-state index is 0.0108. The summed E-state index contributed by atoms with van der Waals surface area (Å²) in [5.74, 6) is 0.0294. The van der Waals surface area contributed by atoms with Crippen molar-refractivity contribution in [1.29, 1.82) is 0 Å². The Morgan fingerprint density at radius 3 is 2.31 bits per heavy atom. The van der Waals surface area contributed by atoms with E-state index in [1.54, 1.807) is 24.0 Å². The molecular weight excluding hydrogens is 334 g/mol. The van der Waals surface area contributed by atoms with Crippen LogP contribution in [0.2, 0.25) is 0 Å². The van der Waals surface area contributed by atoms with Gasteiger partial charge in [-0.15, -0.1) is 0 Å². The van der Waals surface area contributed by atoms with Crippen LogP contribution in [0, 0.1) is 23.0 Å². The number of likely N-dealkylation sites (tertiary alicyclic amines) is 2. The number of rotatable bonds is 3. The van der Waals surface area contributed by atoms with Crippen molar-refractivity contribution in [2.24, 2.45) is 5.92 Å². The Hall–Kier alpha value is -2.44. The summed E-state index contributed by atoms with van der Waals surface area (Å²) >= 11 is 0. The molecule has 7 heteroatoms. The average molecular weight is 359 g/mol. The molecule has 140 valence electrons. The molecule has 7 nitrogen and oxygen atoms in total. The smallest absolute Gasteiger partial charge is 0.273 e. The van der Waals surface area contributed by atoms with Crippen molar-refractivity contribution in [3.8, 4) is 0 Å². The Balaban J connectivity index is 1.63. The van der Waals surface area contributed by atoms with E-state index >= 15 is 0 Å². The van der Waals surface area contributed by atoms with E-state index in [0.29, 0.717) is 37.1 Å². The van der Waals surface area contributed by atoms with Crippen LogP contribution in [0.3, 0.4) is 0 Å². The first kappa shape index (κ1) is 18.4. The van der Waals surface area contributed by atoms with Crippen LogP contribution in [-0.2, 0) is 4.79 Å². The normalized spacial score (nSPS) is 18.7. The second-order valence-corrected chi connectivity index (χ2v) is 7.16. The number of hydrogen-bond acceptors (Lipinski definition) is 4. The predicted molar refractivity (Wildman–Crippen MR) is 96.9 cm³/mol. The highest BCUT2D eigenvalue weighted by Crippen LogP contribution is 2.26. The number of nitro benzene ring substituents is 1. The molecule has 0 radical (unpaired) electrons. The summed E-state index contributed by atoms with van der Waals surface area (Å²) in [5, 5.41) is 11.1. The number of carbonyl (C=O) groups is 2. The van der Waals surface area contributed by atoms with Gasteiger partial charge in [0.15, 0.2) is 0 Å². The second-order valence-electron chi connectivity index (χ2n) is 7.16. The second kappa shape index (κ2) is 7.85. The molecular formula is C19H25N3O4. The molecule has 2 aliphatic heterocycles. The monoisotopic (exact) mass is 359 g/mol. The fraction of sp³-hybridized carbons (Fsp3) is 0.579. The lowest BCUT2D eigenvalue weighted by Crippen LogP contribution is -2.45. The minimum atomic E-state index is -0.463. The Morgan fingerprint density at radius 2 is 1.69 bits per heavy atom. The maximum atomic E-state index is 12.8. The van der Waals surface area contributed by atoms with Crippen LogP contribution in [0.4, 0.5) is 5.69 Å². The quantitative estimate of drug-likeness (QED) is 0.614. The summed E-state index contributed by atoms with van der Waals surface area (Å²) in [4.78, 5) is 39.7. The summed E-state index contributed by atoms with van der Waals surface area (Å²) in [5.41, 5.74) is 0.736. The number of amides is 2. The lowest BCUT2D eigenvalue weighted by atomic mass is 9.93. The van der Waals surface area contributed by atoms with Crippen molar-refractivity contribution in [2.75, 3.05) is 26.2 Å². The first-order valence-electron chi connectivity index (χ1n) is 9.31.